The van der Waals surface area contributed by atoms with E-state index in [1.165, 1.54) is 6.07 Å². The molecule has 0 radical (unpaired) electrons. The van der Waals surface area contributed by atoms with E-state index < -0.39 is 11.6 Å². The van der Waals surface area contributed by atoms with E-state index in [0.29, 0.717) is 16.8 Å². The Morgan fingerprint density at radius 1 is 1.38 bits per heavy atom. The van der Waals surface area contributed by atoms with Crippen LogP contribution in [0.25, 0.3) is 0 Å². The van der Waals surface area contributed by atoms with E-state index in [0.717, 1.165) is 0 Å². The Morgan fingerprint density at radius 2 is 2.00 bits per heavy atom. The molecular weight excluding hydrogens is 273 g/mol. The molecule has 1 aromatic carbocycles. The van der Waals surface area contributed by atoms with Gasteiger partial charge in [-0.15, -0.1) is 0 Å². The largest absolute Gasteiger partial charge is 0.348 e. The number of carbonyl (C=O) groups is 2. The number of nitrogens with two attached hydrogens (primary N) is 1. The van der Waals surface area contributed by atoms with E-state index in [-0.39, 0.29) is 24.2 Å². The summed E-state index contributed by atoms with van der Waals surface area (Å²) < 4.78 is 13.8. The summed E-state index contributed by atoms with van der Waals surface area (Å²) in [5.74, 6) is -1.11. The monoisotopic (exact) mass is 293 g/mol. The first kappa shape index (κ1) is 15.4. The predicted octanol–water partition coefficient (Wildman–Crippen LogP) is 1.40. The van der Waals surface area contributed by atoms with E-state index in [9.17, 15) is 14.0 Å². The summed E-state index contributed by atoms with van der Waals surface area (Å²) in [7, 11) is 0. The molecule has 1 atom stereocenters. The Morgan fingerprint density at radius 3 is 2.57 bits per heavy atom. The van der Waals surface area contributed by atoms with Crippen LogP contribution in [0.1, 0.15) is 37.9 Å². The standard InChI is InChI=1S/C15H20FN3O2/c1-8-5-12(10(9(2)17)6-11(8)16)19-7-13(20)18-14(21)15(19,3)4/h5-6,9H,7,17H2,1-4H3,(H,18,20,21). The number of halogens is 1. The van der Waals surface area contributed by atoms with Crippen molar-refractivity contribution < 1.29 is 14.0 Å². The Kier molecular flexibility index (Phi) is 3.76. The van der Waals surface area contributed by atoms with Gasteiger partial charge in [0.1, 0.15) is 11.4 Å². The van der Waals surface area contributed by atoms with Gasteiger partial charge in [-0.3, -0.25) is 14.9 Å². The number of imide groups is 1. The minimum atomic E-state index is -0.915. The number of aryl methyl sites for hydroxylation is 1. The Bertz CT molecular complexity index is 611. The molecule has 21 heavy (non-hydrogen) atoms. The number of benzene rings is 1. The zero-order valence-electron chi connectivity index (χ0n) is 12.7. The second-order valence-corrected chi connectivity index (χ2v) is 5.97. The molecule has 114 valence electrons. The van der Waals surface area contributed by atoms with Gasteiger partial charge in [-0.25, -0.2) is 4.39 Å². The molecule has 0 bridgehead atoms. The maximum atomic E-state index is 13.8. The van der Waals surface area contributed by atoms with Gasteiger partial charge in [0.15, 0.2) is 0 Å². The van der Waals surface area contributed by atoms with Crippen LogP contribution in [-0.2, 0) is 9.59 Å². The van der Waals surface area contributed by atoms with Gasteiger partial charge >= 0.3 is 0 Å². The summed E-state index contributed by atoms with van der Waals surface area (Å²) in [6.45, 7) is 6.86. The maximum Gasteiger partial charge on any atom is 0.251 e. The Hall–Kier alpha value is -1.95. The van der Waals surface area contributed by atoms with Crippen LogP contribution in [0.3, 0.4) is 0 Å². The molecule has 1 aliphatic rings. The van der Waals surface area contributed by atoms with Crippen LogP contribution in [0.5, 0.6) is 0 Å². The van der Waals surface area contributed by atoms with Gasteiger partial charge < -0.3 is 10.6 Å². The SMILES string of the molecule is Cc1cc(N2CC(=O)NC(=O)C2(C)C)c(C(C)N)cc1F. The van der Waals surface area contributed by atoms with Crippen LogP contribution in [-0.4, -0.2) is 23.9 Å². The molecule has 1 aliphatic heterocycles. The highest BCUT2D eigenvalue weighted by molar-refractivity contribution is 6.06. The number of nitrogens with one attached hydrogen (secondary N) is 1. The summed E-state index contributed by atoms with van der Waals surface area (Å²) in [5.41, 5.74) is 6.65. The van der Waals surface area contributed by atoms with Gasteiger partial charge in [-0.05, 0) is 51.0 Å². The van der Waals surface area contributed by atoms with Crippen molar-refractivity contribution in [2.24, 2.45) is 5.73 Å². The third-order valence-corrected chi connectivity index (χ3v) is 3.87. The van der Waals surface area contributed by atoms with E-state index in [1.807, 2.05) is 0 Å². The van der Waals surface area contributed by atoms with Crippen molar-refractivity contribution in [1.29, 1.82) is 0 Å². The number of anilines is 1. The second-order valence-electron chi connectivity index (χ2n) is 5.97. The number of hydrogen-bond acceptors (Lipinski definition) is 4. The first-order chi connectivity index (χ1) is 9.64. The van der Waals surface area contributed by atoms with E-state index >= 15 is 0 Å². The summed E-state index contributed by atoms with van der Waals surface area (Å²) in [4.78, 5) is 25.4. The number of rotatable bonds is 2. The van der Waals surface area contributed by atoms with Crippen molar-refractivity contribution in [3.05, 3.63) is 29.1 Å². The molecule has 1 heterocycles. The van der Waals surface area contributed by atoms with Crippen LogP contribution in [0.4, 0.5) is 10.1 Å². The molecule has 1 unspecified atom stereocenters. The minimum absolute atomic E-state index is 0.0313. The third-order valence-electron chi connectivity index (χ3n) is 3.87. The topological polar surface area (TPSA) is 75.4 Å². The number of nitrogens with zero attached hydrogens (tertiary/aromatic N) is 1. The molecule has 1 aromatic rings. The molecule has 5 nitrogen and oxygen atoms in total. The normalized spacial score (nSPS) is 19.4. The van der Waals surface area contributed by atoms with Gasteiger partial charge in [0.05, 0.1) is 6.54 Å². The lowest BCUT2D eigenvalue weighted by Crippen LogP contribution is -2.64. The summed E-state index contributed by atoms with van der Waals surface area (Å²) in [6, 6.07) is 2.61. The predicted molar refractivity (Wildman–Crippen MR) is 78.3 cm³/mol. The lowest BCUT2D eigenvalue weighted by atomic mass is 9.94. The molecular formula is C15H20FN3O2. The zero-order valence-corrected chi connectivity index (χ0v) is 12.7. The fourth-order valence-electron chi connectivity index (χ4n) is 2.45. The van der Waals surface area contributed by atoms with Crippen molar-refractivity contribution in [3.63, 3.8) is 0 Å². The lowest BCUT2D eigenvalue weighted by Gasteiger charge is -2.43. The fraction of sp³-hybridized carbons (Fsp3) is 0.467. The summed E-state index contributed by atoms with van der Waals surface area (Å²) >= 11 is 0. The van der Waals surface area contributed by atoms with Crippen molar-refractivity contribution in [1.82, 2.24) is 5.32 Å². The molecule has 1 fully saturated rings. The first-order valence-corrected chi connectivity index (χ1v) is 6.82. The smallest absolute Gasteiger partial charge is 0.251 e. The highest BCUT2D eigenvalue weighted by Crippen LogP contribution is 2.34. The highest BCUT2D eigenvalue weighted by atomic mass is 19.1. The van der Waals surface area contributed by atoms with E-state index in [4.69, 9.17) is 5.73 Å². The average molecular weight is 293 g/mol. The molecule has 0 aliphatic carbocycles. The molecule has 3 N–H and O–H groups in total. The molecule has 2 rings (SSSR count). The number of piperazine rings is 1. The number of amides is 2. The van der Waals surface area contributed by atoms with E-state index in [2.05, 4.69) is 5.32 Å². The van der Waals surface area contributed by atoms with Crippen molar-refractivity contribution in [3.8, 4) is 0 Å². The van der Waals surface area contributed by atoms with Gasteiger partial charge in [0.2, 0.25) is 5.91 Å². The van der Waals surface area contributed by atoms with Crippen LogP contribution >= 0.6 is 0 Å². The van der Waals surface area contributed by atoms with Crippen LogP contribution in [0.15, 0.2) is 12.1 Å². The van der Waals surface area contributed by atoms with Crippen molar-refractivity contribution in [2.45, 2.75) is 39.3 Å². The summed E-state index contributed by atoms with van der Waals surface area (Å²) in [6.07, 6.45) is 0. The van der Waals surface area contributed by atoms with Gasteiger partial charge in [-0.1, -0.05) is 0 Å². The maximum absolute atomic E-state index is 13.8. The third kappa shape index (κ3) is 2.63. The van der Waals surface area contributed by atoms with Crippen LogP contribution < -0.4 is 16.0 Å². The molecule has 1 saturated heterocycles. The summed E-state index contributed by atoms with van der Waals surface area (Å²) in [5, 5.41) is 2.32. The van der Waals surface area contributed by atoms with Crippen LogP contribution in [0, 0.1) is 12.7 Å². The average Bonchev–Trinajstić information content (AvgIpc) is 2.37. The molecule has 0 spiro atoms. The first-order valence-electron chi connectivity index (χ1n) is 6.82. The Labute approximate surface area is 123 Å². The quantitative estimate of drug-likeness (QED) is 0.808. The molecule has 0 saturated carbocycles. The second kappa shape index (κ2) is 5.11. The van der Waals surface area contributed by atoms with Gasteiger partial charge in [0.25, 0.3) is 5.91 Å². The van der Waals surface area contributed by atoms with Gasteiger partial charge in [-0.2, -0.15) is 0 Å². The molecule has 2 amide bonds. The lowest BCUT2D eigenvalue weighted by molar-refractivity contribution is -0.135. The fourth-order valence-corrected chi connectivity index (χ4v) is 2.45. The van der Waals surface area contributed by atoms with Gasteiger partial charge in [0, 0.05) is 11.7 Å². The molecule has 0 aromatic heterocycles. The molecule has 6 heteroatoms. The van der Waals surface area contributed by atoms with Crippen molar-refractivity contribution >= 4 is 17.5 Å². The van der Waals surface area contributed by atoms with E-state index in [1.54, 1.807) is 38.7 Å². The highest BCUT2D eigenvalue weighted by Gasteiger charge is 2.42. The van der Waals surface area contributed by atoms with Crippen molar-refractivity contribution in [2.75, 3.05) is 11.4 Å². The minimum Gasteiger partial charge on any atom is -0.348 e. The number of hydrogen-bond donors (Lipinski definition) is 2. The zero-order chi connectivity index (χ0) is 15.9. The number of carbonyl (C=O) groups excluding carboxylic acids is 2. The van der Waals surface area contributed by atoms with Crippen LogP contribution in [0.2, 0.25) is 0 Å². The Balaban J connectivity index is 2.61.